The van der Waals surface area contributed by atoms with Gasteiger partial charge in [-0.1, -0.05) is 27.7 Å². The predicted octanol–water partition coefficient (Wildman–Crippen LogP) is 1.60. The topological polar surface area (TPSA) is 96.0 Å². The summed E-state index contributed by atoms with van der Waals surface area (Å²) in [4.78, 5) is 26.0. The predicted molar refractivity (Wildman–Crippen MR) is 107 cm³/mol. The van der Waals surface area contributed by atoms with Gasteiger partial charge in [0, 0.05) is 19.6 Å². The standard InChI is InChI=1S/C19H29N3O5S/c1-5-21(6-2)28(25,26)15-7-8-17-16(11-15)22(19(24)13-27-17)12-18(23)20-10-9-14(3)4/h7-8,11,14H,5-6,9-10,12-13H2,1-4H3,(H,20,23). The quantitative estimate of drug-likeness (QED) is 0.666. The van der Waals surface area contributed by atoms with Crippen LogP contribution in [-0.4, -0.2) is 57.3 Å². The van der Waals surface area contributed by atoms with Crippen molar-refractivity contribution in [1.29, 1.82) is 0 Å². The largest absolute Gasteiger partial charge is 0.482 e. The Morgan fingerprint density at radius 2 is 1.96 bits per heavy atom. The number of rotatable bonds is 9. The van der Waals surface area contributed by atoms with Crippen LogP contribution in [0.5, 0.6) is 5.75 Å². The fourth-order valence-corrected chi connectivity index (χ4v) is 4.41. The van der Waals surface area contributed by atoms with E-state index in [0.717, 1.165) is 6.42 Å². The van der Waals surface area contributed by atoms with Gasteiger partial charge in [-0.25, -0.2) is 8.42 Å². The molecular weight excluding hydrogens is 382 g/mol. The molecule has 1 aromatic rings. The monoisotopic (exact) mass is 411 g/mol. The summed E-state index contributed by atoms with van der Waals surface area (Å²) in [5, 5.41) is 2.79. The highest BCUT2D eigenvalue weighted by atomic mass is 32.2. The maximum absolute atomic E-state index is 12.8. The average Bonchev–Trinajstić information content (AvgIpc) is 2.64. The number of amides is 2. The van der Waals surface area contributed by atoms with Crippen molar-refractivity contribution in [2.24, 2.45) is 5.92 Å². The lowest BCUT2D eigenvalue weighted by molar-refractivity contribution is -0.125. The number of nitrogens with one attached hydrogen (secondary N) is 1. The van der Waals surface area contributed by atoms with Gasteiger partial charge in [0.15, 0.2) is 6.61 Å². The lowest BCUT2D eigenvalue weighted by Crippen LogP contribution is -2.45. The molecule has 1 aliphatic rings. The van der Waals surface area contributed by atoms with Gasteiger partial charge >= 0.3 is 0 Å². The van der Waals surface area contributed by atoms with Gasteiger partial charge in [0.2, 0.25) is 15.9 Å². The highest BCUT2D eigenvalue weighted by molar-refractivity contribution is 7.89. The molecule has 2 amide bonds. The zero-order valence-electron chi connectivity index (χ0n) is 16.9. The van der Waals surface area contributed by atoms with Gasteiger partial charge in [0.1, 0.15) is 12.3 Å². The van der Waals surface area contributed by atoms with E-state index in [9.17, 15) is 18.0 Å². The van der Waals surface area contributed by atoms with Gasteiger partial charge < -0.3 is 10.1 Å². The third-order valence-electron chi connectivity index (χ3n) is 4.56. The van der Waals surface area contributed by atoms with Crippen LogP contribution >= 0.6 is 0 Å². The molecule has 156 valence electrons. The van der Waals surface area contributed by atoms with E-state index < -0.39 is 10.0 Å². The molecule has 2 rings (SSSR count). The Balaban J connectivity index is 2.27. The second-order valence-electron chi connectivity index (χ2n) is 7.02. The summed E-state index contributed by atoms with van der Waals surface area (Å²) in [6, 6.07) is 4.40. The van der Waals surface area contributed by atoms with E-state index in [1.54, 1.807) is 13.8 Å². The number of nitrogens with zero attached hydrogens (tertiary/aromatic N) is 2. The van der Waals surface area contributed by atoms with Crippen molar-refractivity contribution >= 4 is 27.5 Å². The molecule has 0 aliphatic carbocycles. The van der Waals surface area contributed by atoms with Crippen LogP contribution in [0.2, 0.25) is 0 Å². The summed E-state index contributed by atoms with van der Waals surface area (Å²) in [7, 11) is -3.69. The van der Waals surface area contributed by atoms with Crippen molar-refractivity contribution < 1.29 is 22.7 Å². The summed E-state index contributed by atoms with van der Waals surface area (Å²) in [6.07, 6.45) is 0.839. The summed E-state index contributed by atoms with van der Waals surface area (Å²) < 4.78 is 32.3. The lowest BCUT2D eigenvalue weighted by Gasteiger charge is -2.29. The Morgan fingerprint density at radius 3 is 2.57 bits per heavy atom. The second-order valence-corrected chi connectivity index (χ2v) is 8.96. The molecule has 9 heteroatoms. The number of hydrogen-bond acceptors (Lipinski definition) is 5. The van der Waals surface area contributed by atoms with E-state index in [-0.39, 0.29) is 29.9 Å². The first kappa shape index (κ1) is 22.2. The Kier molecular flexibility index (Phi) is 7.42. The zero-order valence-corrected chi connectivity index (χ0v) is 17.7. The molecule has 1 heterocycles. The van der Waals surface area contributed by atoms with E-state index >= 15 is 0 Å². The molecule has 0 saturated heterocycles. The van der Waals surface area contributed by atoms with E-state index in [2.05, 4.69) is 19.2 Å². The lowest BCUT2D eigenvalue weighted by atomic mass is 10.1. The molecular formula is C19H29N3O5S. The van der Waals surface area contributed by atoms with Crippen LogP contribution in [0.1, 0.15) is 34.1 Å². The maximum Gasteiger partial charge on any atom is 0.265 e. The molecule has 0 spiro atoms. The Labute approximate surface area is 166 Å². The Bertz CT molecular complexity index is 819. The molecule has 0 radical (unpaired) electrons. The van der Waals surface area contributed by atoms with Gasteiger partial charge in [-0.2, -0.15) is 4.31 Å². The zero-order chi connectivity index (χ0) is 20.9. The smallest absolute Gasteiger partial charge is 0.265 e. The van der Waals surface area contributed by atoms with Crippen molar-refractivity contribution in [3.05, 3.63) is 18.2 Å². The van der Waals surface area contributed by atoms with Crippen LogP contribution in [0.4, 0.5) is 5.69 Å². The molecule has 1 aromatic carbocycles. The van der Waals surface area contributed by atoms with Crippen LogP contribution in [0.25, 0.3) is 0 Å². The molecule has 28 heavy (non-hydrogen) atoms. The van der Waals surface area contributed by atoms with E-state index in [1.807, 2.05) is 0 Å². The van der Waals surface area contributed by atoms with Crippen LogP contribution < -0.4 is 15.0 Å². The minimum absolute atomic E-state index is 0.0680. The van der Waals surface area contributed by atoms with E-state index in [0.29, 0.717) is 37.0 Å². The number of carbonyl (C=O) groups is 2. The van der Waals surface area contributed by atoms with Gasteiger partial charge in [-0.15, -0.1) is 0 Å². The van der Waals surface area contributed by atoms with Crippen LogP contribution in [0.15, 0.2) is 23.1 Å². The SMILES string of the molecule is CCN(CC)S(=O)(=O)c1ccc2c(c1)N(CC(=O)NCCC(C)C)C(=O)CO2. The van der Waals surface area contributed by atoms with Gasteiger partial charge in [-0.05, 0) is 30.5 Å². The van der Waals surface area contributed by atoms with Crippen molar-refractivity contribution in [2.45, 2.75) is 39.0 Å². The number of hydrogen-bond donors (Lipinski definition) is 1. The third-order valence-corrected chi connectivity index (χ3v) is 6.61. The number of anilines is 1. The fourth-order valence-electron chi connectivity index (χ4n) is 2.93. The van der Waals surface area contributed by atoms with Crippen molar-refractivity contribution in [3.8, 4) is 5.75 Å². The summed E-state index contributed by atoms with van der Waals surface area (Å²) in [5.74, 6) is 0.162. The molecule has 0 aromatic heterocycles. The van der Waals surface area contributed by atoms with Crippen LogP contribution in [0.3, 0.4) is 0 Å². The van der Waals surface area contributed by atoms with Crippen LogP contribution in [-0.2, 0) is 19.6 Å². The van der Waals surface area contributed by atoms with Gasteiger partial charge in [0.05, 0.1) is 10.6 Å². The first-order valence-corrected chi connectivity index (χ1v) is 11.0. The highest BCUT2D eigenvalue weighted by Gasteiger charge is 2.30. The minimum atomic E-state index is -3.69. The molecule has 0 fully saturated rings. The number of sulfonamides is 1. The van der Waals surface area contributed by atoms with Crippen molar-refractivity contribution in [1.82, 2.24) is 9.62 Å². The normalized spacial score (nSPS) is 14.2. The molecule has 1 aliphatic heterocycles. The first-order valence-electron chi connectivity index (χ1n) is 9.54. The highest BCUT2D eigenvalue weighted by Crippen LogP contribution is 2.34. The number of carbonyl (C=O) groups excluding carboxylic acids is 2. The maximum atomic E-state index is 12.8. The summed E-state index contributed by atoms with van der Waals surface area (Å²) in [5.41, 5.74) is 0.295. The van der Waals surface area contributed by atoms with Crippen molar-refractivity contribution in [3.63, 3.8) is 0 Å². The van der Waals surface area contributed by atoms with Crippen LogP contribution in [0, 0.1) is 5.92 Å². The van der Waals surface area contributed by atoms with Gasteiger partial charge in [-0.3, -0.25) is 14.5 Å². The summed E-state index contributed by atoms with van der Waals surface area (Å²) in [6.45, 7) is 8.49. The molecule has 8 nitrogen and oxygen atoms in total. The van der Waals surface area contributed by atoms with Crippen molar-refractivity contribution in [2.75, 3.05) is 37.7 Å². The van der Waals surface area contributed by atoms with Gasteiger partial charge in [0.25, 0.3) is 5.91 Å². The molecule has 0 saturated carbocycles. The Morgan fingerprint density at radius 1 is 1.29 bits per heavy atom. The number of fused-ring (bicyclic) bond motifs is 1. The Hall–Kier alpha value is -2.13. The van der Waals surface area contributed by atoms with E-state index in [4.69, 9.17) is 4.74 Å². The fraction of sp³-hybridized carbons (Fsp3) is 0.579. The number of ether oxygens (including phenoxy) is 1. The summed E-state index contributed by atoms with van der Waals surface area (Å²) >= 11 is 0. The second kappa shape index (κ2) is 9.38. The third kappa shape index (κ3) is 5.02. The molecule has 0 unspecified atom stereocenters. The first-order chi connectivity index (χ1) is 13.2. The van der Waals surface area contributed by atoms with E-state index in [1.165, 1.54) is 27.4 Å². The average molecular weight is 412 g/mol. The molecule has 0 atom stereocenters. The number of benzene rings is 1. The molecule has 0 bridgehead atoms. The molecule has 1 N–H and O–H groups in total. The minimum Gasteiger partial charge on any atom is -0.482 e.